The lowest BCUT2D eigenvalue weighted by Crippen LogP contribution is -1.97. The third kappa shape index (κ3) is 3.00. The number of nitrogens with one attached hydrogen (secondary N) is 2. The Morgan fingerprint density at radius 3 is 2.77 bits per heavy atom. The summed E-state index contributed by atoms with van der Waals surface area (Å²) in [6, 6.07) is 13.2. The van der Waals surface area contributed by atoms with Crippen LogP contribution in [-0.2, 0) is 4.79 Å². The lowest BCUT2D eigenvalue weighted by Gasteiger charge is -2.11. The van der Waals surface area contributed by atoms with Gasteiger partial charge in [-0.25, -0.2) is 4.98 Å². The van der Waals surface area contributed by atoms with Crippen molar-refractivity contribution >= 4 is 23.1 Å². The van der Waals surface area contributed by atoms with Crippen LogP contribution >= 0.6 is 0 Å². The van der Waals surface area contributed by atoms with Gasteiger partial charge < -0.3 is 15.0 Å². The molecule has 0 saturated heterocycles. The Bertz CT molecular complexity index is 1070. The Morgan fingerprint density at radius 2 is 1.96 bits per heavy atom. The van der Waals surface area contributed by atoms with Crippen LogP contribution < -0.4 is 10.1 Å². The summed E-state index contributed by atoms with van der Waals surface area (Å²) in [6.07, 6.45) is 5.95. The molecule has 0 spiro atoms. The standard InChI is InChI=1S/C20H16N4O2/c1-13-2-3-15(10-17(13)23-12-25)26-19-11-18(14-4-7-21-8-5-14)24-20-16(19)6-9-22-20/h2-12H,1H3,(H,22,24)(H,23,25). The van der Waals surface area contributed by atoms with Crippen molar-refractivity contribution in [3.8, 4) is 22.8 Å². The zero-order chi connectivity index (χ0) is 17.9. The van der Waals surface area contributed by atoms with Gasteiger partial charge in [-0.1, -0.05) is 6.07 Å². The molecule has 2 N–H and O–H groups in total. The molecule has 0 saturated carbocycles. The number of pyridine rings is 2. The number of ether oxygens (including phenoxy) is 1. The number of carbonyl (C=O) groups is 1. The summed E-state index contributed by atoms with van der Waals surface area (Å²) in [5.41, 5.74) is 4.16. The molecule has 1 amide bonds. The molecule has 0 aliphatic rings. The van der Waals surface area contributed by atoms with Crippen LogP contribution in [0.4, 0.5) is 5.69 Å². The Balaban J connectivity index is 1.78. The summed E-state index contributed by atoms with van der Waals surface area (Å²) in [4.78, 5) is 22.6. The van der Waals surface area contributed by atoms with Gasteiger partial charge in [0.1, 0.15) is 17.1 Å². The molecule has 0 radical (unpaired) electrons. The number of aromatic nitrogens is 3. The van der Waals surface area contributed by atoms with Crippen molar-refractivity contribution in [2.24, 2.45) is 0 Å². The SMILES string of the molecule is Cc1ccc(Oc2cc(-c3ccncc3)nc3[nH]ccc23)cc1NC=O. The van der Waals surface area contributed by atoms with Gasteiger partial charge in [0.2, 0.25) is 6.41 Å². The summed E-state index contributed by atoms with van der Waals surface area (Å²) < 4.78 is 6.12. The second-order valence-corrected chi connectivity index (χ2v) is 5.82. The molecular formula is C20H16N4O2. The molecule has 1 aromatic carbocycles. The Labute approximate surface area is 149 Å². The van der Waals surface area contributed by atoms with E-state index in [1.807, 2.05) is 49.5 Å². The maximum absolute atomic E-state index is 10.8. The van der Waals surface area contributed by atoms with Gasteiger partial charge in [-0.2, -0.15) is 0 Å². The van der Waals surface area contributed by atoms with E-state index in [0.717, 1.165) is 27.9 Å². The molecule has 6 nitrogen and oxygen atoms in total. The first-order valence-electron chi connectivity index (χ1n) is 8.12. The largest absolute Gasteiger partial charge is 0.456 e. The second-order valence-electron chi connectivity index (χ2n) is 5.82. The molecule has 0 unspecified atom stereocenters. The fraction of sp³-hybridized carbons (Fsp3) is 0.0500. The molecule has 128 valence electrons. The van der Waals surface area contributed by atoms with E-state index < -0.39 is 0 Å². The van der Waals surface area contributed by atoms with Crippen molar-refractivity contribution in [1.29, 1.82) is 0 Å². The van der Waals surface area contributed by atoms with Crippen LogP contribution in [-0.4, -0.2) is 21.4 Å². The van der Waals surface area contributed by atoms with Crippen molar-refractivity contribution in [2.75, 3.05) is 5.32 Å². The number of fused-ring (bicyclic) bond motifs is 1. The molecule has 0 bridgehead atoms. The van der Waals surface area contributed by atoms with E-state index in [1.54, 1.807) is 18.5 Å². The highest BCUT2D eigenvalue weighted by atomic mass is 16.5. The summed E-state index contributed by atoms with van der Waals surface area (Å²) in [5.74, 6) is 1.32. The fourth-order valence-electron chi connectivity index (χ4n) is 2.77. The van der Waals surface area contributed by atoms with E-state index in [1.165, 1.54) is 0 Å². The van der Waals surface area contributed by atoms with Crippen molar-refractivity contribution in [3.63, 3.8) is 0 Å². The minimum absolute atomic E-state index is 0.634. The van der Waals surface area contributed by atoms with Crippen LogP contribution in [0.25, 0.3) is 22.3 Å². The number of carbonyl (C=O) groups excluding carboxylic acids is 1. The molecular weight excluding hydrogens is 328 g/mol. The zero-order valence-electron chi connectivity index (χ0n) is 14.1. The van der Waals surface area contributed by atoms with Crippen LogP contribution in [0.15, 0.2) is 61.1 Å². The smallest absolute Gasteiger partial charge is 0.211 e. The number of hydrogen-bond donors (Lipinski definition) is 2. The van der Waals surface area contributed by atoms with Gasteiger partial charge in [-0.15, -0.1) is 0 Å². The zero-order valence-corrected chi connectivity index (χ0v) is 14.1. The Kier molecular flexibility index (Phi) is 4.07. The number of aromatic amines is 1. The van der Waals surface area contributed by atoms with Crippen LogP contribution in [0.2, 0.25) is 0 Å². The Hall–Kier alpha value is -3.67. The predicted molar refractivity (Wildman–Crippen MR) is 100 cm³/mol. The van der Waals surface area contributed by atoms with Crippen LogP contribution in [0, 0.1) is 6.92 Å². The molecule has 0 aliphatic heterocycles. The van der Waals surface area contributed by atoms with E-state index in [2.05, 4.69) is 20.3 Å². The number of amides is 1. The Morgan fingerprint density at radius 1 is 1.12 bits per heavy atom. The number of H-pyrrole nitrogens is 1. The molecule has 3 aromatic heterocycles. The lowest BCUT2D eigenvalue weighted by atomic mass is 10.1. The van der Waals surface area contributed by atoms with Gasteiger partial charge in [-0.05, 0) is 36.8 Å². The molecule has 4 aromatic rings. The van der Waals surface area contributed by atoms with E-state index in [-0.39, 0.29) is 0 Å². The number of anilines is 1. The average Bonchev–Trinajstić information content (AvgIpc) is 3.14. The van der Waals surface area contributed by atoms with Crippen molar-refractivity contribution in [2.45, 2.75) is 6.92 Å². The summed E-state index contributed by atoms with van der Waals surface area (Å²) in [7, 11) is 0. The second kappa shape index (κ2) is 6.68. The van der Waals surface area contributed by atoms with E-state index in [0.29, 0.717) is 23.6 Å². The predicted octanol–water partition coefficient (Wildman–Crippen LogP) is 4.29. The highest BCUT2D eigenvalue weighted by Crippen LogP contribution is 2.34. The molecule has 0 atom stereocenters. The monoisotopic (exact) mass is 344 g/mol. The average molecular weight is 344 g/mol. The van der Waals surface area contributed by atoms with Gasteiger partial charge in [0.25, 0.3) is 0 Å². The minimum Gasteiger partial charge on any atom is -0.456 e. The topological polar surface area (TPSA) is 79.9 Å². The van der Waals surface area contributed by atoms with Crippen molar-refractivity contribution < 1.29 is 9.53 Å². The maximum Gasteiger partial charge on any atom is 0.211 e. The molecule has 0 fully saturated rings. The summed E-state index contributed by atoms with van der Waals surface area (Å²) in [6.45, 7) is 1.92. The van der Waals surface area contributed by atoms with E-state index in [9.17, 15) is 4.79 Å². The number of nitrogens with zero attached hydrogens (tertiary/aromatic N) is 2. The molecule has 26 heavy (non-hydrogen) atoms. The minimum atomic E-state index is 0.634. The quantitative estimate of drug-likeness (QED) is 0.529. The first-order valence-corrected chi connectivity index (χ1v) is 8.12. The molecule has 3 heterocycles. The summed E-state index contributed by atoms with van der Waals surface area (Å²) >= 11 is 0. The third-order valence-electron chi connectivity index (χ3n) is 4.12. The van der Waals surface area contributed by atoms with Gasteiger partial charge >= 0.3 is 0 Å². The van der Waals surface area contributed by atoms with Crippen molar-refractivity contribution in [1.82, 2.24) is 15.0 Å². The van der Waals surface area contributed by atoms with Crippen LogP contribution in [0.3, 0.4) is 0 Å². The fourth-order valence-corrected chi connectivity index (χ4v) is 2.77. The van der Waals surface area contributed by atoms with Gasteiger partial charge in [-0.3, -0.25) is 9.78 Å². The van der Waals surface area contributed by atoms with Crippen LogP contribution in [0.5, 0.6) is 11.5 Å². The molecule has 6 heteroatoms. The number of rotatable bonds is 5. The van der Waals surface area contributed by atoms with Gasteiger partial charge in [0, 0.05) is 42.0 Å². The number of hydrogen-bond acceptors (Lipinski definition) is 4. The van der Waals surface area contributed by atoms with Crippen molar-refractivity contribution in [3.05, 3.63) is 66.6 Å². The third-order valence-corrected chi connectivity index (χ3v) is 4.12. The lowest BCUT2D eigenvalue weighted by molar-refractivity contribution is -0.105. The van der Waals surface area contributed by atoms with Crippen LogP contribution in [0.1, 0.15) is 5.56 Å². The highest BCUT2D eigenvalue weighted by molar-refractivity contribution is 5.86. The first kappa shape index (κ1) is 15.8. The maximum atomic E-state index is 10.8. The van der Waals surface area contributed by atoms with E-state index in [4.69, 9.17) is 4.74 Å². The first-order chi connectivity index (χ1) is 12.7. The summed E-state index contributed by atoms with van der Waals surface area (Å²) in [5, 5.41) is 3.57. The van der Waals surface area contributed by atoms with E-state index >= 15 is 0 Å². The normalized spacial score (nSPS) is 10.7. The number of aryl methyl sites for hydroxylation is 1. The van der Waals surface area contributed by atoms with Gasteiger partial charge in [0.05, 0.1) is 11.1 Å². The highest BCUT2D eigenvalue weighted by Gasteiger charge is 2.11. The molecule has 4 rings (SSSR count). The number of benzene rings is 1. The molecule has 0 aliphatic carbocycles. The van der Waals surface area contributed by atoms with Gasteiger partial charge in [0.15, 0.2) is 0 Å².